The van der Waals surface area contributed by atoms with Gasteiger partial charge in [-0.05, 0) is 25.2 Å². The molecule has 102 valence electrons. The second-order valence-electron chi connectivity index (χ2n) is 5.22. The SMILES string of the molecule is COC1=CC(=O)OC(C(C)CC(C)CC(C)=O)C1. The molecule has 4 heteroatoms. The van der Waals surface area contributed by atoms with Gasteiger partial charge in [0, 0.05) is 12.8 Å². The van der Waals surface area contributed by atoms with Crippen LogP contribution in [0.4, 0.5) is 0 Å². The van der Waals surface area contributed by atoms with Crippen molar-refractivity contribution in [3.63, 3.8) is 0 Å². The van der Waals surface area contributed by atoms with Gasteiger partial charge in [0.1, 0.15) is 17.6 Å². The molecule has 1 rings (SSSR count). The molecule has 0 spiro atoms. The van der Waals surface area contributed by atoms with E-state index in [4.69, 9.17) is 9.47 Å². The summed E-state index contributed by atoms with van der Waals surface area (Å²) < 4.78 is 10.4. The maximum atomic E-state index is 11.4. The van der Waals surface area contributed by atoms with E-state index >= 15 is 0 Å². The Hall–Kier alpha value is -1.32. The van der Waals surface area contributed by atoms with Crippen LogP contribution in [0.1, 0.15) is 40.0 Å². The third-order valence-corrected chi connectivity index (χ3v) is 3.26. The first-order valence-corrected chi connectivity index (χ1v) is 6.37. The third kappa shape index (κ3) is 4.51. The molecule has 0 aromatic rings. The van der Waals surface area contributed by atoms with Crippen LogP contribution in [0.3, 0.4) is 0 Å². The number of hydrogen-bond acceptors (Lipinski definition) is 4. The summed E-state index contributed by atoms with van der Waals surface area (Å²) in [6.07, 6.45) is 3.32. The van der Waals surface area contributed by atoms with Gasteiger partial charge in [0.2, 0.25) is 0 Å². The molecule has 1 aliphatic heterocycles. The van der Waals surface area contributed by atoms with Gasteiger partial charge in [-0.2, -0.15) is 0 Å². The minimum absolute atomic E-state index is 0.146. The highest BCUT2D eigenvalue weighted by atomic mass is 16.6. The minimum Gasteiger partial charge on any atom is -0.501 e. The predicted octanol–water partition coefficient (Wildman–Crippen LogP) is 2.47. The van der Waals surface area contributed by atoms with Gasteiger partial charge < -0.3 is 14.3 Å². The fourth-order valence-corrected chi connectivity index (χ4v) is 2.43. The number of esters is 1. The molecule has 0 fully saturated rings. The van der Waals surface area contributed by atoms with Crippen LogP contribution >= 0.6 is 0 Å². The van der Waals surface area contributed by atoms with Crippen LogP contribution in [0, 0.1) is 11.8 Å². The number of ether oxygens (including phenoxy) is 2. The highest BCUT2D eigenvalue weighted by Gasteiger charge is 2.28. The number of hydrogen-bond donors (Lipinski definition) is 0. The normalized spacial score (nSPS) is 22.8. The Morgan fingerprint density at radius 2 is 2.22 bits per heavy atom. The van der Waals surface area contributed by atoms with E-state index in [1.54, 1.807) is 14.0 Å². The van der Waals surface area contributed by atoms with E-state index < -0.39 is 0 Å². The molecule has 3 atom stereocenters. The fraction of sp³-hybridized carbons (Fsp3) is 0.714. The Morgan fingerprint density at radius 3 is 2.78 bits per heavy atom. The average molecular weight is 254 g/mol. The van der Waals surface area contributed by atoms with Gasteiger partial charge in [-0.15, -0.1) is 0 Å². The van der Waals surface area contributed by atoms with Crippen LogP contribution in [-0.4, -0.2) is 25.0 Å². The van der Waals surface area contributed by atoms with E-state index in [2.05, 4.69) is 6.92 Å². The molecule has 3 unspecified atom stereocenters. The van der Waals surface area contributed by atoms with Gasteiger partial charge >= 0.3 is 5.97 Å². The molecule has 1 heterocycles. The lowest BCUT2D eigenvalue weighted by molar-refractivity contribution is -0.148. The number of ketones is 1. The standard InChI is InChI=1S/C14H22O4/c1-9(6-11(3)15)5-10(2)13-7-12(17-4)8-14(16)18-13/h8-10,13H,5-7H2,1-4H3. The molecule has 0 N–H and O–H groups in total. The van der Waals surface area contributed by atoms with Gasteiger partial charge in [0.25, 0.3) is 0 Å². The lowest BCUT2D eigenvalue weighted by atomic mass is 9.88. The molecular weight excluding hydrogens is 232 g/mol. The summed E-state index contributed by atoms with van der Waals surface area (Å²) in [5, 5.41) is 0. The van der Waals surface area contributed by atoms with Crippen molar-refractivity contribution >= 4 is 11.8 Å². The molecule has 0 saturated carbocycles. The van der Waals surface area contributed by atoms with Crippen molar-refractivity contribution in [3.8, 4) is 0 Å². The maximum absolute atomic E-state index is 11.4. The third-order valence-electron chi connectivity index (χ3n) is 3.26. The zero-order valence-corrected chi connectivity index (χ0v) is 11.6. The summed E-state index contributed by atoms with van der Waals surface area (Å²) in [7, 11) is 1.56. The second-order valence-corrected chi connectivity index (χ2v) is 5.22. The predicted molar refractivity (Wildman–Crippen MR) is 67.8 cm³/mol. The molecule has 0 amide bonds. The summed E-state index contributed by atoms with van der Waals surface area (Å²) in [5.74, 6) is 1.07. The van der Waals surface area contributed by atoms with Crippen molar-refractivity contribution in [1.82, 2.24) is 0 Å². The number of carbonyl (C=O) groups is 2. The van der Waals surface area contributed by atoms with Gasteiger partial charge in [0.15, 0.2) is 0 Å². The van der Waals surface area contributed by atoms with Gasteiger partial charge in [-0.1, -0.05) is 13.8 Å². The molecule has 0 aromatic carbocycles. The van der Waals surface area contributed by atoms with E-state index in [0.717, 1.165) is 6.42 Å². The van der Waals surface area contributed by atoms with Crippen LogP contribution in [0.2, 0.25) is 0 Å². The summed E-state index contributed by atoms with van der Waals surface area (Å²) in [6.45, 7) is 5.70. The van der Waals surface area contributed by atoms with Crippen LogP contribution < -0.4 is 0 Å². The van der Waals surface area contributed by atoms with E-state index in [1.807, 2.05) is 6.92 Å². The molecule has 0 radical (unpaired) electrons. The highest BCUT2D eigenvalue weighted by Crippen LogP contribution is 2.27. The largest absolute Gasteiger partial charge is 0.501 e. The maximum Gasteiger partial charge on any atom is 0.334 e. The lowest BCUT2D eigenvalue weighted by Gasteiger charge is -2.28. The Morgan fingerprint density at radius 1 is 1.56 bits per heavy atom. The molecule has 18 heavy (non-hydrogen) atoms. The molecule has 0 bridgehead atoms. The van der Waals surface area contributed by atoms with Crippen molar-refractivity contribution in [2.24, 2.45) is 11.8 Å². The summed E-state index contributed by atoms with van der Waals surface area (Å²) in [6, 6.07) is 0. The minimum atomic E-state index is -0.339. The van der Waals surface area contributed by atoms with E-state index in [1.165, 1.54) is 6.08 Å². The Bertz CT molecular complexity index is 346. The molecule has 1 aliphatic rings. The zero-order chi connectivity index (χ0) is 13.7. The van der Waals surface area contributed by atoms with Crippen LogP contribution in [0.5, 0.6) is 0 Å². The monoisotopic (exact) mass is 254 g/mol. The summed E-state index contributed by atoms with van der Waals surface area (Å²) in [5.41, 5.74) is 0. The van der Waals surface area contributed by atoms with Gasteiger partial charge in [-0.25, -0.2) is 4.79 Å². The average Bonchev–Trinajstić information content (AvgIpc) is 2.26. The molecule has 0 aromatic heterocycles. The topological polar surface area (TPSA) is 52.6 Å². The Kier molecular flexibility index (Phi) is 5.38. The van der Waals surface area contributed by atoms with Crippen molar-refractivity contribution in [2.45, 2.75) is 46.1 Å². The second kappa shape index (κ2) is 6.57. The summed E-state index contributed by atoms with van der Waals surface area (Å²) >= 11 is 0. The molecule has 4 nitrogen and oxygen atoms in total. The number of rotatable bonds is 6. The number of carbonyl (C=O) groups excluding carboxylic acids is 2. The molecular formula is C14H22O4. The quantitative estimate of drug-likeness (QED) is 0.683. The van der Waals surface area contributed by atoms with Gasteiger partial charge in [0.05, 0.1) is 13.2 Å². The van der Waals surface area contributed by atoms with Crippen molar-refractivity contribution in [1.29, 1.82) is 0 Å². The van der Waals surface area contributed by atoms with Crippen LogP contribution in [0.25, 0.3) is 0 Å². The Labute approximate surface area is 108 Å². The first-order valence-electron chi connectivity index (χ1n) is 6.37. The van der Waals surface area contributed by atoms with E-state index in [0.29, 0.717) is 24.5 Å². The van der Waals surface area contributed by atoms with Crippen molar-refractivity contribution in [2.75, 3.05) is 7.11 Å². The number of cyclic esters (lactones) is 1. The number of Topliss-reactive ketones (excluding diaryl/α,β-unsaturated/α-hetero) is 1. The number of methoxy groups -OCH3 is 1. The summed E-state index contributed by atoms with van der Waals surface area (Å²) in [4.78, 5) is 22.4. The van der Waals surface area contributed by atoms with Crippen LogP contribution in [-0.2, 0) is 19.1 Å². The van der Waals surface area contributed by atoms with E-state index in [9.17, 15) is 9.59 Å². The van der Waals surface area contributed by atoms with Crippen molar-refractivity contribution < 1.29 is 19.1 Å². The molecule has 0 saturated heterocycles. The fourth-order valence-electron chi connectivity index (χ4n) is 2.43. The zero-order valence-electron chi connectivity index (χ0n) is 11.6. The lowest BCUT2D eigenvalue weighted by Crippen LogP contribution is -2.30. The van der Waals surface area contributed by atoms with E-state index in [-0.39, 0.29) is 23.8 Å². The van der Waals surface area contributed by atoms with Crippen molar-refractivity contribution in [3.05, 3.63) is 11.8 Å². The Balaban J connectivity index is 2.52. The van der Waals surface area contributed by atoms with Gasteiger partial charge in [-0.3, -0.25) is 0 Å². The highest BCUT2D eigenvalue weighted by molar-refractivity contribution is 5.83. The molecule has 0 aliphatic carbocycles. The first-order chi connectivity index (χ1) is 8.42. The first kappa shape index (κ1) is 14.7. The smallest absolute Gasteiger partial charge is 0.334 e. The van der Waals surface area contributed by atoms with Crippen LogP contribution in [0.15, 0.2) is 11.8 Å².